The summed E-state index contributed by atoms with van der Waals surface area (Å²) in [5.41, 5.74) is 3.92. The highest BCUT2D eigenvalue weighted by Gasteiger charge is 2.25. The van der Waals surface area contributed by atoms with E-state index in [9.17, 15) is 5.11 Å². The van der Waals surface area contributed by atoms with Gasteiger partial charge in [0, 0.05) is 37.2 Å². The Morgan fingerprint density at radius 1 is 1.30 bits per heavy atom. The Bertz CT molecular complexity index is 1450. The molecule has 0 unspecified atom stereocenters. The van der Waals surface area contributed by atoms with Gasteiger partial charge in [-0.15, -0.1) is 5.10 Å². The molecule has 0 radical (unpaired) electrons. The molecular formula is C26H32FN7O3. The van der Waals surface area contributed by atoms with Gasteiger partial charge in [0.2, 0.25) is 11.8 Å². The molecule has 1 aliphatic rings. The molecule has 1 aliphatic heterocycles. The second-order valence-electron chi connectivity index (χ2n) is 9.41. The lowest BCUT2D eigenvalue weighted by Crippen LogP contribution is -2.35. The summed E-state index contributed by atoms with van der Waals surface area (Å²) in [4.78, 5) is 2.24. The maximum absolute atomic E-state index is 15.3. The van der Waals surface area contributed by atoms with Gasteiger partial charge in [0.25, 0.3) is 0 Å². The predicted octanol–water partition coefficient (Wildman–Crippen LogP) is 3.63. The Morgan fingerprint density at radius 3 is 2.84 bits per heavy atom. The summed E-state index contributed by atoms with van der Waals surface area (Å²) in [6.07, 6.45) is 5.20. The van der Waals surface area contributed by atoms with E-state index in [2.05, 4.69) is 32.2 Å². The molecule has 0 saturated carbocycles. The third-order valence-electron chi connectivity index (χ3n) is 6.80. The molecule has 0 aliphatic carbocycles. The zero-order valence-electron chi connectivity index (χ0n) is 21.7. The first kappa shape index (κ1) is 25.0. The van der Waals surface area contributed by atoms with E-state index in [0.29, 0.717) is 47.2 Å². The van der Waals surface area contributed by atoms with Crippen molar-refractivity contribution in [1.82, 2.24) is 34.7 Å². The molecule has 1 aromatic carbocycles. The fraction of sp³-hybridized carbons (Fsp3) is 0.423. The van der Waals surface area contributed by atoms with Crippen LogP contribution in [0.2, 0.25) is 0 Å². The Kier molecular flexibility index (Phi) is 6.74. The first-order chi connectivity index (χ1) is 17.8. The Hall–Kier alpha value is -3.70. The van der Waals surface area contributed by atoms with E-state index >= 15 is 4.39 Å². The van der Waals surface area contributed by atoms with Crippen LogP contribution in [-0.2, 0) is 13.6 Å². The number of rotatable bonds is 4. The highest BCUT2D eigenvalue weighted by molar-refractivity contribution is 5.93. The maximum Gasteiger partial charge on any atom is 0.240 e. The van der Waals surface area contributed by atoms with E-state index in [1.165, 1.54) is 6.07 Å². The molecule has 196 valence electrons. The van der Waals surface area contributed by atoms with Crippen LogP contribution in [0.5, 0.6) is 11.8 Å². The summed E-state index contributed by atoms with van der Waals surface area (Å²) in [7, 11) is 3.37. The largest absolute Gasteiger partial charge is 0.480 e. The van der Waals surface area contributed by atoms with Crippen molar-refractivity contribution in [2.24, 2.45) is 7.05 Å². The zero-order chi connectivity index (χ0) is 26.3. The molecule has 5 rings (SSSR count). The number of aromatic amines is 1. The number of aliphatic hydroxyl groups is 1. The van der Waals surface area contributed by atoms with Crippen LogP contribution in [-0.4, -0.2) is 72.7 Å². The fourth-order valence-corrected chi connectivity index (χ4v) is 4.79. The van der Waals surface area contributed by atoms with Crippen LogP contribution >= 0.6 is 0 Å². The van der Waals surface area contributed by atoms with Gasteiger partial charge in [-0.05, 0) is 38.6 Å². The van der Waals surface area contributed by atoms with Crippen LogP contribution < -0.4 is 9.47 Å². The summed E-state index contributed by atoms with van der Waals surface area (Å²) in [6.45, 7) is 7.84. The molecule has 0 amide bonds. The number of halogens is 1. The SMILES string of the molecule is CCN1Cc2c(c(OC)nn2[C@@H](C)CO)/C=C/c2n[nH]c3cc(F)c(cc23)-c2cnn(C)c2O[C@@H](C)C1. The molecule has 37 heavy (non-hydrogen) atoms. The average Bonchev–Trinajstić information content (AvgIpc) is 3.56. The van der Waals surface area contributed by atoms with Gasteiger partial charge in [-0.1, -0.05) is 6.92 Å². The van der Waals surface area contributed by atoms with E-state index in [0.717, 1.165) is 23.2 Å². The van der Waals surface area contributed by atoms with Crippen LogP contribution in [0, 0.1) is 5.82 Å². The molecule has 10 nitrogen and oxygen atoms in total. The van der Waals surface area contributed by atoms with Gasteiger partial charge in [0.15, 0.2) is 0 Å². The van der Waals surface area contributed by atoms with Crippen LogP contribution in [0.25, 0.3) is 34.2 Å². The second-order valence-corrected chi connectivity index (χ2v) is 9.41. The van der Waals surface area contributed by atoms with Crippen LogP contribution in [0.15, 0.2) is 18.3 Å². The Labute approximate surface area is 214 Å². The minimum atomic E-state index is -0.389. The number of nitrogens with zero attached hydrogens (tertiary/aromatic N) is 6. The summed E-state index contributed by atoms with van der Waals surface area (Å²) in [6, 6.07) is 2.98. The smallest absolute Gasteiger partial charge is 0.240 e. The van der Waals surface area contributed by atoms with Crippen molar-refractivity contribution < 1.29 is 19.0 Å². The molecule has 2 bridgehead atoms. The van der Waals surface area contributed by atoms with Crippen LogP contribution in [0.4, 0.5) is 4.39 Å². The topological polar surface area (TPSA) is 106 Å². The molecule has 11 heteroatoms. The van der Waals surface area contributed by atoms with E-state index in [-0.39, 0.29) is 24.6 Å². The Balaban J connectivity index is 1.73. The molecule has 0 spiro atoms. The predicted molar refractivity (Wildman–Crippen MR) is 139 cm³/mol. The molecule has 4 heterocycles. The minimum Gasteiger partial charge on any atom is -0.480 e. The first-order valence-corrected chi connectivity index (χ1v) is 12.4. The van der Waals surface area contributed by atoms with Crippen molar-refractivity contribution in [2.75, 3.05) is 26.8 Å². The average molecular weight is 510 g/mol. The number of methoxy groups -OCH3 is 1. The van der Waals surface area contributed by atoms with Crippen LogP contribution in [0.3, 0.4) is 0 Å². The number of hydrogen-bond donors (Lipinski definition) is 2. The van der Waals surface area contributed by atoms with E-state index in [4.69, 9.17) is 9.47 Å². The summed E-state index contributed by atoms with van der Waals surface area (Å²) in [5, 5.41) is 27.0. The van der Waals surface area contributed by atoms with Gasteiger partial charge in [0.05, 0.1) is 54.0 Å². The van der Waals surface area contributed by atoms with Gasteiger partial charge in [0.1, 0.15) is 11.9 Å². The number of H-pyrrole nitrogens is 1. The molecule has 0 fully saturated rings. The Morgan fingerprint density at radius 2 is 2.11 bits per heavy atom. The van der Waals surface area contributed by atoms with Gasteiger partial charge in [-0.2, -0.15) is 10.2 Å². The highest BCUT2D eigenvalue weighted by Crippen LogP contribution is 2.36. The lowest BCUT2D eigenvalue weighted by atomic mass is 10.0. The molecule has 4 aromatic rings. The van der Waals surface area contributed by atoms with Crippen molar-refractivity contribution in [3.63, 3.8) is 0 Å². The van der Waals surface area contributed by atoms with Crippen molar-refractivity contribution in [3.05, 3.63) is 41.1 Å². The number of ether oxygens (including phenoxy) is 2. The van der Waals surface area contributed by atoms with Gasteiger partial charge in [-0.3, -0.25) is 14.7 Å². The quantitative estimate of drug-likeness (QED) is 0.433. The third kappa shape index (κ3) is 4.49. The lowest BCUT2D eigenvalue weighted by Gasteiger charge is -2.26. The number of fused-ring (bicyclic) bond motifs is 4. The molecule has 0 saturated heterocycles. The number of aromatic nitrogens is 6. The van der Waals surface area contributed by atoms with Crippen molar-refractivity contribution in [1.29, 1.82) is 0 Å². The van der Waals surface area contributed by atoms with Crippen molar-refractivity contribution in [3.8, 4) is 22.9 Å². The van der Waals surface area contributed by atoms with E-state index < -0.39 is 0 Å². The number of nitrogens with one attached hydrogen (secondary N) is 1. The number of aryl methyl sites for hydroxylation is 1. The number of aliphatic hydroxyl groups excluding tert-OH is 1. The zero-order valence-corrected chi connectivity index (χ0v) is 21.7. The van der Waals surface area contributed by atoms with Gasteiger partial charge >= 0.3 is 0 Å². The molecule has 2 atom stereocenters. The fourth-order valence-electron chi connectivity index (χ4n) is 4.79. The van der Waals surface area contributed by atoms with Gasteiger partial charge < -0.3 is 14.6 Å². The number of hydrogen-bond acceptors (Lipinski definition) is 7. The highest BCUT2D eigenvalue weighted by atomic mass is 19.1. The third-order valence-corrected chi connectivity index (χ3v) is 6.80. The normalized spacial score (nSPS) is 18.1. The molecule has 3 aromatic heterocycles. The van der Waals surface area contributed by atoms with Crippen molar-refractivity contribution >= 4 is 23.1 Å². The lowest BCUT2D eigenvalue weighted by molar-refractivity contribution is 0.132. The standard InChI is InChI=1S/C26H32FN7O3/c1-6-33-12-16(3)37-26-20(11-28-32(26)4)18-9-19-22(29-30-23(19)10-21(18)27)8-7-17-24(13-33)34(15(2)14-35)31-25(17)36-5/h7-11,15-16,35H,6,12-14H2,1-5H3,(H,29,30)/b8-7+/t15-,16-/m0/s1. The van der Waals surface area contributed by atoms with E-state index in [1.54, 1.807) is 31.1 Å². The van der Waals surface area contributed by atoms with Crippen molar-refractivity contribution in [2.45, 2.75) is 39.5 Å². The monoisotopic (exact) mass is 509 g/mol. The first-order valence-electron chi connectivity index (χ1n) is 12.4. The number of benzene rings is 1. The van der Waals surface area contributed by atoms with Crippen LogP contribution in [0.1, 0.15) is 43.8 Å². The van der Waals surface area contributed by atoms with E-state index in [1.807, 2.05) is 30.7 Å². The summed E-state index contributed by atoms with van der Waals surface area (Å²) < 4.78 is 30.7. The summed E-state index contributed by atoms with van der Waals surface area (Å²) >= 11 is 0. The minimum absolute atomic E-state index is 0.0613. The number of likely N-dealkylation sites (N-methyl/N-ethyl adjacent to an activating group) is 1. The van der Waals surface area contributed by atoms with Gasteiger partial charge in [-0.25, -0.2) is 9.07 Å². The molecular weight excluding hydrogens is 477 g/mol. The maximum atomic E-state index is 15.3. The second kappa shape index (κ2) is 9.98. The summed E-state index contributed by atoms with van der Waals surface area (Å²) in [5.74, 6) is 0.569. The molecule has 2 N–H and O–H groups in total.